The van der Waals surface area contributed by atoms with Crippen molar-refractivity contribution in [1.82, 2.24) is 0 Å². The third-order valence-corrected chi connectivity index (χ3v) is 5.70. The maximum atomic E-state index is 14.3. The van der Waals surface area contributed by atoms with E-state index in [2.05, 4.69) is 61.8 Å². The molecule has 0 aliphatic rings. The number of aryl methyl sites for hydroxylation is 2. The SMILES string of the molecule is CCCCCCc1ccc(C#Cc2ccc(C#Cc3ccc(CCCC)cc3F)cc2)cc1. The van der Waals surface area contributed by atoms with Gasteiger partial charge >= 0.3 is 0 Å². The molecule has 0 aliphatic carbocycles. The first kappa shape index (κ1) is 24.4. The number of halogens is 1. The lowest BCUT2D eigenvalue weighted by Crippen LogP contribution is -1.90. The van der Waals surface area contributed by atoms with Gasteiger partial charge in [0.05, 0.1) is 5.56 Å². The quantitative estimate of drug-likeness (QED) is 0.247. The molecule has 0 saturated heterocycles. The summed E-state index contributed by atoms with van der Waals surface area (Å²) in [6.45, 7) is 4.38. The summed E-state index contributed by atoms with van der Waals surface area (Å²) in [6.07, 6.45) is 9.38. The molecule has 3 aromatic carbocycles. The third kappa shape index (κ3) is 8.29. The van der Waals surface area contributed by atoms with Gasteiger partial charge in [0.2, 0.25) is 0 Å². The Bertz CT molecular complexity index is 1130. The predicted molar refractivity (Wildman–Crippen MR) is 138 cm³/mol. The zero-order chi connectivity index (χ0) is 23.3. The Morgan fingerprint density at radius 3 is 1.64 bits per heavy atom. The maximum absolute atomic E-state index is 14.3. The predicted octanol–water partition coefficient (Wildman–Crippen LogP) is 8.09. The van der Waals surface area contributed by atoms with E-state index < -0.39 is 0 Å². The second-order valence-corrected chi connectivity index (χ2v) is 8.50. The van der Waals surface area contributed by atoms with Gasteiger partial charge in [0.25, 0.3) is 0 Å². The van der Waals surface area contributed by atoms with E-state index in [1.165, 1.54) is 31.2 Å². The van der Waals surface area contributed by atoms with Gasteiger partial charge in [-0.15, -0.1) is 0 Å². The zero-order valence-corrected chi connectivity index (χ0v) is 19.9. The molecule has 0 saturated carbocycles. The van der Waals surface area contributed by atoms with Crippen LogP contribution < -0.4 is 0 Å². The van der Waals surface area contributed by atoms with E-state index in [1.54, 1.807) is 12.1 Å². The Morgan fingerprint density at radius 1 is 0.545 bits per heavy atom. The van der Waals surface area contributed by atoms with Gasteiger partial charge in [0, 0.05) is 16.7 Å². The minimum absolute atomic E-state index is 0.245. The molecule has 0 radical (unpaired) electrons. The Hall–Kier alpha value is -3.29. The van der Waals surface area contributed by atoms with Crippen LogP contribution in [0, 0.1) is 29.5 Å². The molecule has 0 aromatic heterocycles. The van der Waals surface area contributed by atoms with Crippen molar-refractivity contribution < 1.29 is 4.39 Å². The lowest BCUT2D eigenvalue weighted by atomic mass is 10.0. The van der Waals surface area contributed by atoms with Gasteiger partial charge in [-0.05, 0) is 85.3 Å². The highest BCUT2D eigenvalue weighted by Crippen LogP contribution is 2.13. The summed E-state index contributed by atoms with van der Waals surface area (Å²) < 4.78 is 14.3. The number of rotatable bonds is 8. The van der Waals surface area contributed by atoms with Gasteiger partial charge in [0.1, 0.15) is 5.82 Å². The molecular weight excluding hydrogens is 403 g/mol. The van der Waals surface area contributed by atoms with E-state index in [0.29, 0.717) is 5.56 Å². The Labute approximate surface area is 199 Å². The molecule has 0 heterocycles. The molecule has 33 heavy (non-hydrogen) atoms. The second kappa shape index (κ2) is 13.3. The monoisotopic (exact) mass is 436 g/mol. The van der Waals surface area contributed by atoms with Crippen molar-refractivity contribution in [2.75, 3.05) is 0 Å². The lowest BCUT2D eigenvalue weighted by molar-refractivity contribution is 0.620. The molecule has 0 fully saturated rings. The van der Waals surface area contributed by atoms with E-state index in [4.69, 9.17) is 0 Å². The van der Waals surface area contributed by atoms with E-state index in [-0.39, 0.29) is 5.82 Å². The van der Waals surface area contributed by atoms with Crippen molar-refractivity contribution >= 4 is 0 Å². The molecule has 0 aliphatic heterocycles. The van der Waals surface area contributed by atoms with Crippen LogP contribution in [-0.4, -0.2) is 0 Å². The largest absolute Gasteiger partial charge is 0.206 e. The summed E-state index contributed by atoms with van der Waals surface area (Å²) >= 11 is 0. The molecule has 3 rings (SSSR count). The van der Waals surface area contributed by atoms with Crippen molar-refractivity contribution in [3.8, 4) is 23.7 Å². The molecule has 0 amide bonds. The fourth-order valence-electron chi connectivity index (χ4n) is 3.63. The normalized spacial score (nSPS) is 10.2. The number of hydrogen-bond donors (Lipinski definition) is 0. The Balaban J connectivity index is 1.58. The summed E-state index contributed by atoms with van der Waals surface area (Å²) in [5.41, 5.74) is 5.66. The van der Waals surface area contributed by atoms with E-state index >= 15 is 0 Å². The van der Waals surface area contributed by atoms with Gasteiger partial charge in [-0.2, -0.15) is 0 Å². The van der Waals surface area contributed by atoms with Crippen molar-refractivity contribution in [2.24, 2.45) is 0 Å². The van der Waals surface area contributed by atoms with Crippen molar-refractivity contribution in [3.63, 3.8) is 0 Å². The van der Waals surface area contributed by atoms with Crippen LogP contribution in [0.2, 0.25) is 0 Å². The summed E-state index contributed by atoms with van der Waals surface area (Å²) in [7, 11) is 0. The zero-order valence-electron chi connectivity index (χ0n) is 19.9. The smallest absolute Gasteiger partial charge is 0.139 e. The van der Waals surface area contributed by atoms with E-state index in [0.717, 1.165) is 47.9 Å². The highest BCUT2D eigenvalue weighted by atomic mass is 19.1. The highest BCUT2D eigenvalue weighted by Gasteiger charge is 2.01. The van der Waals surface area contributed by atoms with Crippen molar-refractivity contribution in [1.29, 1.82) is 0 Å². The molecule has 0 N–H and O–H groups in total. The average molecular weight is 437 g/mol. The van der Waals surface area contributed by atoms with Crippen molar-refractivity contribution in [2.45, 2.75) is 65.2 Å². The summed E-state index contributed by atoms with van der Waals surface area (Å²) in [4.78, 5) is 0. The van der Waals surface area contributed by atoms with Crippen LogP contribution in [0.1, 0.15) is 85.8 Å². The fourth-order valence-corrected chi connectivity index (χ4v) is 3.63. The van der Waals surface area contributed by atoms with Crippen LogP contribution in [0.15, 0.2) is 66.7 Å². The highest BCUT2D eigenvalue weighted by molar-refractivity contribution is 5.48. The van der Waals surface area contributed by atoms with Crippen LogP contribution in [-0.2, 0) is 12.8 Å². The van der Waals surface area contributed by atoms with Gasteiger partial charge in [-0.1, -0.05) is 81.4 Å². The van der Waals surface area contributed by atoms with Crippen LogP contribution in [0.5, 0.6) is 0 Å². The average Bonchev–Trinajstić information content (AvgIpc) is 2.85. The second-order valence-electron chi connectivity index (χ2n) is 8.50. The van der Waals surface area contributed by atoms with E-state index in [1.807, 2.05) is 30.3 Å². The molecule has 0 bridgehead atoms. The number of benzene rings is 3. The maximum Gasteiger partial charge on any atom is 0.139 e. The van der Waals surface area contributed by atoms with Crippen LogP contribution in [0.4, 0.5) is 4.39 Å². The molecule has 0 unspecified atom stereocenters. The van der Waals surface area contributed by atoms with Gasteiger partial charge in [0.15, 0.2) is 0 Å². The van der Waals surface area contributed by atoms with Gasteiger partial charge in [-0.3, -0.25) is 0 Å². The van der Waals surface area contributed by atoms with Crippen molar-refractivity contribution in [3.05, 3.63) is 106 Å². The summed E-state index contributed by atoms with van der Waals surface area (Å²) in [6, 6.07) is 21.7. The molecule has 168 valence electrons. The molecular formula is C32H33F. The first-order valence-electron chi connectivity index (χ1n) is 12.2. The first-order chi connectivity index (χ1) is 16.2. The van der Waals surface area contributed by atoms with Crippen LogP contribution in [0.25, 0.3) is 0 Å². The first-order valence-corrected chi connectivity index (χ1v) is 12.2. The minimum atomic E-state index is -0.245. The lowest BCUT2D eigenvalue weighted by Gasteiger charge is -2.01. The van der Waals surface area contributed by atoms with Gasteiger partial charge < -0.3 is 0 Å². The topological polar surface area (TPSA) is 0 Å². The fraction of sp³-hybridized carbons (Fsp3) is 0.312. The third-order valence-electron chi connectivity index (χ3n) is 5.70. The van der Waals surface area contributed by atoms with Crippen LogP contribution in [0.3, 0.4) is 0 Å². The number of unbranched alkanes of at least 4 members (excludes halogenated alkanes) is 4. The van der Waals surface area contributed by atoms with Gasteiger partial charge in [-0.25, -0.2) is 4.39 Å². The molecule has 0 atom stereocenters. The Morgan fingerprint density at radius 2 is 1.06 bits per heavy atom. The summed E-state index contributed by atoms with van der Waals surface area (Å²) in [5.74, 6) is 12.2. The number of hydrogen-bond acceptors (Lipinski definition) is 0. The van der Waals surface area contributed by atoms with E-state index in [9.17, 15) is 4.39 Å². The standard InChI is InChI=1S/C32H33F/c1-3-5-7-8-10-26-11-13-27(14-12-26)15-16-28-17-19-29(20-18-28)21-23-31-24-22-30(9-6-4-2)25-32(31)33/h11-14,17-20,22,24-25H,3-10H2,1-2H3. The molecule has 1 heteroatoms. The Kier molecular flexibility index (Phi) is 9.82. The van der Waals surface area contributed by atoms with Crippen LogP contribution >= 0.6 is 0 Å². The molecule has 3 aromatic rings. The summed E-state index contributed by atoms with van der Waals surface area (Å²) in [5, 5.41) is 0. The molecule has 0 nitrogen and oxygen atoms in total. The minimum Gasteiger partial charge on any atom is -0.206 e. The molecule has 0 spiro atoms.